The molecule has 0 aliphatic heterocycles. The van der Waals surface area contributed by atoms with Crippen LogP contribution in [0.15, 0.2) is 33.8 Å². The summed E-state index contributed by atoms with van der Waals surface area (Å²) in [4.78, 5) is 21.9. The molecule has 128 valence electrons. The number of hydrogen-bond acceptors (Lipinski definition) is 6. The van der Waals surface area contributed by atoms with Gasteiger partial charge >= 0.3 is 5.76 Å². The second-order valence-corrected chi connectivity index (χ2v) is 5.50. The van der Waals surface area contributed by atoms with E-state index in [0.29, 0.717) is 0 Å². The molecule has 1 saturated carbocycles. The molecule has 1 aliphatic carbocycles. The number of nitrogens with zero attached hydrogens (tertiary/aromatic N) is 3. The fraction of sp³-hybridized carbons (Fsp3) is 0.429. The van der Waals surface area contributed by atoms with E-state index in [-0.39, 0.29) is 42.8 Å². The number of nitro groups is 1. The minimum Gasteiger partial charge on any atom is -0.488 e. The number of benzene rings is 1. The lowest BCUT2D eigenvalue weighted by atomic mass is 9.94. The summed E-state index contributed by atoms with van der Waals surface area (Å²) in [5.41, 5.74) is -0.234. The van der Waals surface area contributed by atoms with Crippen molar-refractivity contribution >= 4 is 5.69 Å². The molecular formula is C14H13F2N3O5. The summed E-state index contributed by atoms with van der Waals surface area (Å²) in [6.07, 6.45) is 0.154. The molecule has 1 aromatic heterocycles. The number of rotatable bonds is 4. The average molecular weight is 341 g/mol. The fourth-order valence-corrected chi connectivity index (χ4v) is 2.57. The summed E-state index contributed by atoms with van der Waals surface area (Å²) in [6.45, 7) is 0. The molecule has 0 atom stereocenters. The van der Waals surface area contributed by atoms with Crippen molar-refractivity contribution in [2.24, 2.45) is 0 Å². The maximum Gasteiger partial charge on any atom is 0.441 e. The Hall–Kier alpha value is -2.78. The van der Waals surface area contributed by atoms with Gasteiger partial charge in [0.25, 0.3) is 5.69 Å². The fourth-order valence-electron chi connectivity index (χ4n) is 2.57. The van der Waals surface area contributed by atoms with E-state index >= 15 is 0 Å². The van der Waals surface area contributed by atoms with E-state index in [2.05, 4.69) is 9.52 Å². The van der Waals surface area contributed by atoms with Crippen LogP contribution >= 0.6 is 0 Å². The Morgan fingerprint density at radius 2 is 2.08 bits per heavy atom. The summed E-state index contributed by atoms with van der Waals surface area (Å²) in [6, 6.07) is 3.65. The van der Waals surface area contributed by atoms with Crippen LogP contribution < -0.4 is 10.5 Å². The van der Waals surface area contributed by atoms with Gasteiger partial charge in [0, 0.05) is 25.0 Å². The van der Waals surface area contributed by atoms with Crippen LogP contribution in [0.25, 0.3) is 5.69 Å². The van der Waals surface area contributed by atoms with E-state index in [1.165, 1.54) is 12.1 Å². The largest absolute Gasteiger partial charge is 0.488 e. The maximum absolute atomic E-state index is 13.2. The SMILES string of the molecule is O=c1ocnn1-c1cc([N+](=O)[O-])ccc1OC1CCC(F)(F)CC1. The van der Waals surface area contributed by atoms with Crippen molar-refractivity contribution in [3.05, 3.63) is 45.3 Å². The molecule has 10 heteroatoms. The highest BCUT2D eigenvalue weighted by Crippen LogP contribution is 2.36. The van der Waals surface area contributed by atoms with Crippen LogP contribution in [-0.4, -0.2) is 26.7 Å². The van der Waals surface area contributed by atoms with Crippen molar-refractivity contribution in [3.8, 4) is 11.4 Å². The lowest BCUT2D eigenvalue weighted by Gasteiger charge is -2.29. The van der Waals surface area contributed by atoms with Crippen LogP contribution in [0.1, 0.15) is 25.7 Å². The maximum atomic E-state index is 13.2. The van der Waals surface area contributed by atoms with Crippen molar-refractivity contribution < 1.29 is 22.9 Å². The van der Waals surface area contributed by atoms with Gasteiger partial charge < -0.3 is 9.15 Å². The Labute approximate surface area is 133 Å². The third kappa shape index (κ3) is 3.26. The van der Waals surface area contributed by atoms with Gasteiger partial charge in [0.1, 0.15) is 11.4 Å². The first-order valence-corrected chi connectivity index (χ1v) is 7.22. The van der Waals surface area contributed by atoms with Gasteiger partial charge in [-0.05, 0) is 18.9 Å². The van der Waals surface area contributed by atoms with E-state index in [9.17, 15) is 23.7 Å². The van der Waals surface area contributed by atoms with Gasteiger partial charge in [-0.3, -0.25) is 10.1 Å². The van der Waals surface area contributed by atoms with Gasteiger partial charge in [-0.2, -0.15) is 4.68 Å². The van der Waals surface area contributed by atoms with Crippen LogP contribution in [0.3, 0.4) is 0 Å². The summed E-state index contributed by atoms with van der Waals surface area (Å²) < 4.78 is 37.5. The molecule has 0 spiro atoms. The first-order valence-electron chi connectivity index (χ1n) is 7.22. The van der Waals surface area contributed by atoms with Gasteiger partial charge in [-0.1, -0.05) is 0 Å². The van der Waals surface area contributed by atoms with Gasteiger partial charge in [0.05, 0.1) is 11.0 Å². The molecule has 0 saturated heterocycles. The number of ether oxygens (including phenoxy) is 1. The molecule has 8 nitrogen and oxygen atoms in total. The normalized spacial score (nSPS) is 17.6. The molecule has 2 aromatic rings. The predicted molar refractivity (Wildman–Crippen MR) is 76.6 cm³/mol. The number of hydrogen-bond donors (Lipinski definition) is 0. The zero-order valence-electron chi connectivity index (χ0n) is 12.4. The number of non-ortho nitro benzene ring substituents is 1. The quantitative estimate of drug-likeness (QED) is 0.626. The number of halogens is 2. The van der Waals surface area contributed by atoms with Crippen LogP contribution in [0.2, 0.25) is 0 Å². The van der Waals surface area contributed by atoms with Gasteiger partial charge in [-0.15, -0.1) is 5.10 Å². The number of nitro benzene ring substituents is 1. The van der Waals surface area contributed by atoms with E-state index in [0.717, 1.165) is 17.1 Å². The Balaban J connectivity index is 1.91. The van der Waals surface area contributed by atoms with Crippen molar-refractivity contribution in [1.82, 2.24) is 9.78 Å². The molecule has 0 radical (unpaired) electrons. The molecule has 1 aromatic carbocycles. The smallest absolute Gasteiger partial charge is 0.441 e. The Bertz CT molecular complexity index is 807. The van der Waals surface area contributed by atoms with Crippen LogP contribution in [0.5, 0.6) is 5.75 Å². The molecule has 0 N–H and O–H groups in total. The highest BCUT2D eigenvalue weighted by atomic mass is 19.3. The second kappa shape index (κ2) is 6.02. The first-order chi connectivity index (χ1) is 11.4. The number of aromatic nitrogens is 2. The molecule has 0 unspecified atom stereocenters. The van der Waals surface area contributed by atoms with Crippen LogP contribution in [0, 0.1) is 10.1 Å². The summed E-state index contributed by atoms with van der Waals surface area (Å²) in [5.74, 6) is -3.39. The van der Waals surface area contributed by atoms with Crippen molar-refractivity contribution in [2.45, 2.75) is 37.7 Å². The van der Waals surface area contributed by atoms with Crippen molar-refractivity contribution in [3.63, 3.8) is 0 Å². The highest BCUT2D eigenvalue weighted by Gasteiger charge is 2.36. The van der Waals surface area contributed by atoms with Gasteiger partial charge in [0.2, 0.25) is 12.3 Å². The second-order valence-electron chi connectivity index (χ2n) is 5.50. The van der Waals surface area contributed by atoms with E-state index in [1.54, 1.807) is 0 Å². The average Bonchev–Trinajstić information content (AvgIpc) is 2.95. The topological polar surface area (TPSA) is 100 Å². The molecule has 1 heterocycles. The van der Waals surface area contributed by atoms with Crippen molar-refractivity contribution in [2.75, 3.05) is 0 Å². The van der Waals surface area contributed by atoms with E-state index in [4.69, 9.17) is 4.74 Å². The van der Waals surface area contributed by atoms with Crippen molar-refractivity contribution in [1.29, 1.82) is 0 Å². The Morgan fingerprint density at radius 3 is 2.67 bits per heavy atom. The Kier molecular flexibility index (Phi) is 4.04. The number of alkyl halides is 2. The summed E-state index contributed by atoms with van der Waals surface area (Å²) in [5, 5.41) is 14.6. The van der Waals surface area contributed by atoms with E-state index < -0.39 is 22.7 Å². The third-order valence-corrected chi connectivity index (χ3v) is 3.83. The molecule has 0 amide bonds. The van der Waals surface area contributed by atoms with Gasteiger partial charge in [-0.25, -0.2) is 13.6 Å². The lowest BCUT2D eigenvalue weighted by Crippen LogP contribution is -2.31. The van der Waals surface area contributed by atoms with E-state index in [1.807, 2.05) is 0 Å². The van der Waals surface area contributed by atoms with Crippen LogP contribution in [0.4, 0.5) is 14.5 Å². The predicted octanol–water partition coefficient (Wildman–Crippen LogP) is 2.69. The lowest BCUT2D eigenvalue weighted by molar-refractivity contribution is -0.384. The summed E-state index contributed by atoms with van der Waals surface area (Å²) in [7, 11) is 0. The minimum atomic E-state index is -2.69. The molecular weight excluding hydrogens is 328 g/mol. The molecule has 1 fully saturated rings. The third-order valence-electron chi connectivity index (χ3n) is 3.83. The molecule has 1 aliphatic rings. The van der Waals surface area contributed by atoms with Gasteiger partial charge in [0.15, 0.2) is 0 Å². The monoisotopic (exact) mass is 341 g/mol. The zero-order valence-corrected chi connectivity index (χ0v) is 12.4. The standard InChI is InChI=1S/C14H13F2N3O5/c15-14(16)5-3-10(4-6-14)24-12-2-1-9(19(21)22)7-11(12)18-13(20)23-8-17-18/h1-2,7-8,10H,3-6H2. The minimum absolute atomic E-state index is 0.0280. The first kappa shape index (κ1) is 16.1. The zero-order chi connectivity index (χ0) is 17.3. The molecule has 0 bridgehead atoms. The summed E-state index contributed by atoms with van der Waals surface area (Å²) >= 11 is 0. The Morgan fingerprint density at radius 1 is 1.38 bits per heavy atom. The molecule has 3 rings (SSSR count). The molecule has 24 heavy (non-hydrogen) atoms. The van der Waals surface area contributed by atoms with Crippen LogP contribution in [-0.2, 0) is 0 Å². The highest BCUT2D eigenvalue weighted by molar-refractivity contribution is 5.53.